The zero-order valence-corrected chi connectivity index (χ0v) is 15.7. The topological polar surface area (TPSA) is 47.6 Å². The number of hydrogen-bond donors (Lipinski definition) is 1. The third kappa shape index (κ3) is 4.98. The number of benzene rings is 1. The van der Waals surface area contributed by atoms with Gasteiger partial charge in [0, 0.05) is 24.3 Å². The normalized spacial score (nSPS) is 13.4. The first-order valence-corrected chi connectivity index (χ1v) is 9.71. The second kappa shape index (κ2) is 8.53. The van der Waals surface area contributed by atoms with Crippen molar-refractivity contribution in [3.8, 4) is 11.5 Å². The summed E-state index contributed by atoms with van der Waals surface area (Å²) >= 11 is 5.15. The maximum Gasteiger partial charge on any atom is 0.220 e. The van der Waals surface area contributed by atoms with E-state index in [1.807, 2.05) is 24.3 Å². The number of rotatable bonds is 6. The Hall–Kier alpha value is -1.53. The van der Waals surface area contributed by atoms with Crippen molar-refractivity contribution in [2.75, 3.05) is 19.8 Å². The van der Waals surface area contributed by atoms with Crippen LogP contribution in [0, 0.1) is 0 Å². The summed E-state index contributed by atoms with van der Waals surface area (Å²) < 4.78 is 12.4. The maximum atomic E-state index is 12.0. The standard InChI is InChI=1S/C18H20BrNO3S/c19-17-6-4-14(24-17)8-9-20-18(21)7-3-13-2-5-15-16(12-13)23-11-1-10-22-15/h2,4-6,12H,1,3,7-11H2,(H,20,21). The molecule has 1 aromatic carbocycles. The number of carbonyl (C=O) groups is 1. The minimum absolute atomic E-state index is 0.0812. The predicted octanol–water partition coefficient (Wildman–Crippen LogP) is 3.96. The molecule has 6 heteroatoms. The molecule has 0 radical (unpaired) electrons. The lowest BCUT2D eigenvalue weighted by Crippen LogP contribution is -2.25. The van der Waals surface area contributed by atoms with Gasteiger partial charge in [0.05, 0.1) is 17.0 Å². The van der Waals surface area contributed by atoms with E-state index in [1.54, 1.807) is 11.3 Å². The Bertz CT molecular complexity index is 701. The van der Waals surface area contributed by atoms with E-state index in [4.69, 9.17) is 9.47 Å². The van der Waals surface area contributed by atoms with Crippen LogP contribution >= 0.6 is 27.3 Å². The number of ether oxygens (including phenoxy) is 2. The highest BCUT2D eigenvalue weighted by atomic mass is 79.9. The molecule has 3 rings (SSSR count). The van der Waals surface area contributed by atoms with Crippen LogP contribution in [-0.4, -0.2) is 25.7 Å². The van der Waals surface area contributed by atoms with Crippen molar-refractivity contribution < 1.29 is 14.3 Å². The van der Waals surface area contributed by atoms with Gasteiger partial charge in [-0.25, -0.2) is 0 Å². The van der Waals surface area contributed by atoms with Gasteiger partial charge >= 0.3 is 0 Å². The molecule has 0 fully saturated rings. The number of fused-ring (bicyclic) bond motifs is 1. The molecule has 1 aliphatic heterocycles. The van der Waals surface area contributed by atoms with E-state index in [0.29, 0.717) is 32.6 Å². The number of halogens is 1. The van der Waals surface area contributed by atoms with Gasteiger partial charge < -0.3 is 14.8 Å². The highest BCUT2D eigenvalue weighted by Gasteiger charge is 2.11. The number of amides is 1. The Labute approximate surface area is 154 Å². The molecule has 128 valence electrons. The molecule has 1 aromatic heterocycles. The van der Waals surface area contributed by atoms with Crippen LogP contribution in [0.15, 0.2) is 34.1 Å². The van der Waals surface area contributed by atoms with Crippen molar-refractivity contribution in [1.82, 2.24) is 5.32 Å². The van der Waals surface area contributed by atoms with Gasteiger partial charge in [-0.05, 0) is 58.6 Å². The van der Waals surface area contributed by atoms with E-state index < -0.39 is 0 Å². The van der Waals surface area contributed by atoms with E-state index in [9.17, 15) is 4.79 Å². The smallest absolute Gasteiger partial charge is 0.220 e. The molecule has 24 heavy (non-hydrogen) atoms. The zero-order chi connectivity index (χ0) is 16.8. The fraction of sp³-hybridized carbons (Fsp3) is 0.389. The van der Waals surface area contributed by atoms with Crippen molar-refractivity contribution in [3.63, 3.8) is 0 Å². The van der Waals surface area contributed by atoms with Gasteiger partial charge in [0.25, 0.3) is 0 Å². The van der Waals surface area contributed by atoms with Gasteiger partial charge in [-0.1, -0.05) is 6.07 Å². The summed E-state index contributed by atoms with van der Waals surface area (Å²) in [7, 11) is 0. The van der Waals surface area contributed by atoms with Gasteiger partial charge in [-0.3, -0.25) is 4.79 Å². The maximum absolute atomic E-state index is 12.0. The molecular weight excluding hydrogens is 390 g/mol. The van der Waals surface area contributed by atoms with E-state index in [2.05, 4.69) is 27.3 Å². The third-order valence-corrected chi connectivity index (χ3v) is 5.46. The molecule has 0 atom stereocenters. The van der Waals surface area contributed by atoms with Crippen molar-refractivity contribution in [1.29, 1.82) is 0 Å². The predicted molar refractivity (Wildman–Crippen MR) is 99.1 cm³/mol. The number of thiophene rings is 1. The van der Waals surface area contributed by atoms with Crippen LogP contribution in [0.3, 0.4) is 0 Å². The van der Waals surface area contributed by atoms with Crippen LogP contribution in [-0.2, 0) is 17.6 Å². The van der Waals surface area contributed by atoms with Gasteiger partial charge in [0.2, 0.25) is 5.91 Å². The SMILES string of the molecule is O=C(CCc1ccc2c(c1)OCCCO2)NCCc1ccc(Br)s1. The Balaban J connectivity index is 1.43. The largest absolute Gasteiger partial charge is 0.490 e. The quantitative estimate of drug-likeness (QED) is 0.784. The molecule has 1 aliphatic rings. The summed E-state index contributed by atoms with van der Waals surface area (Å²) in [4.78, 5) is 13.3. The molecule has 0 unspecified atom stereocenters. The molecule has 0 aliphatic carbocycles. The van der Waals surface area contributed by atoms with Crippen LogP contribution < -0.4 is 14.8 Å². The summed E-state index contributed by atoms with van der Waals surface area (Å²) in [5.74, 6) is 1.66. The molecule has 0 spiro atoms. The number of hydrogen-bond acceptors (Lipinski definition) is 4. The van der Waals surface area contributed by atoms with Gasteiger partial charge in [-0.2, -0.15) is 0 Å². The molecule has 1 amide bonds. The highest BCUT2D eigenvalue weighted by Crippen LogP contribution is 2.30. The highest BCUT2D eigenvalue weighted by molar-refractivity contribution is 9.11. The first-order chi connectivity index (χ1) is 11.7. The summed E-state index contributed by atoms with van der Waals surface area (Å²) in [6, 6.07) is 10.0. The van der Waals surface area contributed by atoms with E-state index in [-0.39, 0.29) is 5.91 Å². The van der Waals surface area contributed by atoms with E-state index >= 15 is 0 Å². The van der Waals surface area contributed by atoms with Crippen molar-refractivity contribution in [2.45, 2.75) is 25.7 Å². The molecule has 4 nitrogen and oxygen atoms in total. The second-order valence-corrected chi connectivity index (χ2v) is 8.18. The molecule has 0 bridgehead atoms. The van der Waals surface area contributed by atoms with Gasteiger partial charge in [0.15, 0.2) is 11.5 Å². The average Bonchev–Trinajstić information content (AvgIpc) is 2.85. The van der Waals surface area contributed by atoms with Crippen molar-refractivity contribution in [3.05, 3.63) is 44.6 Å². The minimum Gasteiger partial charge on any atom is -0.490 e. The van der Waals surface area contributed by atoms with Crippen LogP contribution in [0.2, 0.25) is 0 Å². The molecule has 0 saturated carbocycles. The Morgan fingerprint density at radius 1 is 1.12 bits per heavy atom. The Morgan fingerprint density at radius 2 is 1.96 bits per heavy atom. The minimum atomic E-state index is 0.0812. The first kappa shape index (κ1) is 17.3. The summed E-state index contributed by atoms with van der Waals surface area (Å²) in [5.41, 5.74) is 1.09. The molecule has 2 heterocycles. The van der Waals surface area contributed by atoms with Crippen molar-refractivity contribution >= 4 is 33.2 Å². The summed E-state index contributed by atoms with van der Waals surface area (Å²) in [6.45, 7) is 2.04. The Kier molecular flexibility index (Phi) is 6.15. The fourth-order valence-corrected chi connectivity index (χ4v) is 4.00. The molecular formula is C18H20BrNO3S. The number of aryl methyl sites for hydroxylation is 1. The lowest BCUT2D eigenvalue weighted by atomic mass is 10.1. The molecule has 0 saturated heterocycles. The van der Waals surface area contributed by atoms with Crippen molar-refractivity contribution in [2.24, 2.45) is 0 Å². The number of carbonyl (C=O) groups excluding carboxylic acids is 1. The first-order valence-electron chi connectivity index (χ1n) is 8.10. The third-order valence-electron chi connectivity index (χ3n) is 3.78. The Morgan fingerprint density at radius 3 is 2.75 bits per heavy atom. The molecule has 2 aromatic rings. The monoisotopic (exact) mass is 409 g/mol. The lowest BCUT2D eigenvalue weighted by Gasteiger charge is -2.09. The van der Waals surface area contributed by atoms with Gasteiger partial charge in [-0.15, -0.1) is 11.3 Å². The zero-order valence-electron chi connectivity index (χ0n) is 13.3. The summed E-state index contributed by atoms with van der Waals surface area (Å²) in [6.07, 6.45) is 2.94. The number of nitrogens with one attached hydrogen (secondary N) is 1. The van der Waals surface area contributed by atoms with E-state index in [0.717, 1.165) is 33.7 Å². The molecule has 1 N–H and O–H groups in total. The lowest BCUT2D eigenvalue weighted by molar-refractivity contribution is -0.121. The van der Waals surface area contributed by atoms with Crippen LogP contribution in [0.1, 0.15) is 23.3 Å². The van der Waals surface area contributed by atoms with E-state index in [1.165, 1.54) is 4.88 Å². The fourth-order valence-electron chi connectivity index (χ4n) is 2.52. The van der Waals surface area contributed by atoms with Crippen LogP contribution in [0.5, 0.6) is 11.5 Å². The van der Waals surface area contributed by atoms with Gasteiger partial charge in [0.1, 0.15) is 0 Å². The van der Waals surface area contributed by atoms with Crippen LogP contribution in [0.4, 0.5) is 0 Å². The van der Waals surface area contributed by atoms with Crippen LogP contribution in [0.25, 0.3) is 0 Å². The second-order valence-electron chi connectivity index (χ2n) is 5.64. The summed E-state index contributed by atoms with van der Waals surface area (Å²) in [5, 5.41) is 2.98. The average molecular weight is 410 g/mol.